The normalized spacial score (nSPS) is 14.6. The van der Waals surface area contributed by atoms with Crippen molar-refractivity contribution in [2.24, 2.45) is 0 Å². The lowest BCUT2D eigenvalue weighted by atomic mass is 10.0. The summed E-state index contributed by atoms with van der Waals surface area (Å²) in [5.41, 5.74) is 7.46. The summed E-state index contributed by atoms with van der Waals surface area (Å²) in [5.74, 6) is 0.786. The molecule has 0 atom stereocenters. The number of carbonyl (C=O) groups excluding carboxylic acids is 1. The number of aryl methyl sites for hydroxylation is 1. The van der Waals surface area contributed by atoms with E-state index in [4.69, 9.17) is 21.7 Å². The van der Waals surface area contributed by atoms with Gasteiger partial charge in [-0.05, 0) is 55.2 Å². The standard InChI is InChI=1S/C20H32N4O3S/c1-15(2)17-6-5-16(3)13-18(17)27-14-19(25)22-23-20(28)21-7-4-8-24-9-11-26-12-10-24/h5-6,13,15H,4,7-12,14H2,1-3H3,(H,22,25)(H2,21,23,28). The minimum atomic E-state index is -0.284. The maximum atomic E-state index is 12.0. The van der Waals surface area contributed by atoms with Crippen LogP contribution in [0.1, 0.15) is 37.3 Å². The highest BCUT2D eigenvalue weighted by Gasteiger charge is 2.11. The van der Waals surface area contributed by atoms with Gasteiger partial charge in [0.1, 0.15) is 5.75 Å². The zero-order valence-electron chi connectivity index (χ0n) is 17.0. The predicted molar refractivity (Wildman–Crippen MR) is 115 cm³/mol. The molecule has 0 spiro atoms. The second-order valence-electron chi connectivity index (χ2n) is 7.22. The SMILES string of the molecule is Cc1ccc(C(C)C)c(OCC(=O)NNC(=S)NCCCN2CCOCC2)c1. The number of hydrogen-bond acceptors (Lipinski definition) is 5. The molecule has 0 saturated carbocycles. The molecule has 0 unspecified atom stereocenters. The van der Waals surface area contributed by atoms with Crippen molar-refractivity contribution in [3.63, 3.8) is 0 Å². The molecular formula is C20H32N4O3S. The van der Waals surface area contributed by atoms with Crippen LogP contribution in [0, 0.1) is 6.92 Å². The number of ether oxygens (including phenoxy) is 2. The largest absolute Gasteiger partial charge is 0.483 e. The monoisotopic (exact) mass is 408 g/mol. The number of nitrogens with zero attached hydrogens (tertiary/aromatic N) is 1. The van der Waals surface area contributed by atoms with Crippen LogP contribution >= 0.6 is 12.2 Å². The van der Waals surface area contributed by atoms with E-state index < -0.39 is 0 Å². The number of benzene rings is 1. The molecule has 1 aliphatic rings. The molecule has 1 aliphatic heterocycles. The summed E-state index contributed by atoms with van der Waals surface area (Å²) in [6.07, 6.45) is 0.976. The van der Waals surface area contributed by atoms with Crippen molar-refractivity contribution in [3.8, 4) is 5.75 Å². The molecule has 28 heavy (non-hydrogen) atoms. The minimum Gasteiger partial charge on any atom is -0.483 e. The van der Waals surface area contributed by atoms with Crippen LogP contribution in [-0.4, -0.2) is 61.9 Å². The second kappa shape index (κ2) is 11.8. The molecule has 0 aliphatic carbocycles. The Morgan fingerprint density at radius 3 is 2.75 bits per heavy atom. The fraction of sp³-hybridized carbons (Fsp3) is 0.600. The molecule has 1 amide bonds. The Morgan fingerprint density at radius 2 is 2.04 bits per heavy atom. The molecule has 1 fully saturated rings. The Morgan fingerprint density at radius 1 is 1.29 bits per heavy atom. The quantitative estimate of drug-likeness (QED) is 0.344. The Balaban J connectivity index is 1.61. The molecule has 1 heterocycles. The lowest BCUT2D eigenvalue weighted by Crippen LogP contribution is -2.48. The van der Waals surface area contributed by atoms with E-state index in [1.807, 2.05) is 25.1 Å². The molecule has 1 saturated heterocycles. The first-order chi connectivity index (χ1) is 13.5. The molecular weight excluding hydrogens is 376 g/mol. The number of hydrazine groups is 1. The Hall–Kier alpha value is -1.90. The van der Waals surface area contributed by atoms with Gasteiger partial charge in [-0.2, -0.15) is 0 Å². The third-order valence-electron chi connectivity index (χ3n) is 4.51. The van der Waals surface area contributed by atoms with Gasteiger partial charge in [-0.1, -0.05) is 26.0 Å². The molecule has 7 nitrogen and oxygen atoms in total. The van der Waals surface area contributed by atoms with Crippen LogP contribution in [-0.2, 0) is 9.53 Å². The van der Waals surface area contributed by atoms with Crippen LogP contribution in [0.4, 0.5) is 0 Å². The zero-order valence-corrected chi connectivity index (χ0v) is 17.9. The van der Waals surface area contributed by atoms with Crippen molar-refractivity contribution >= 4 is 23.2 Å². The Kier molecular flexibility index (Phi) is 9.46. The highest BCUT2D eigenvalue weighted by molar-refractivity contribution is 7.80. The summed E-state index contributed by atoms with van der Waals surface area (Å²) in [6, 6.07) is 6.05. The second-order valence-corrected chi connectivity index (χ2v) is 7.63. The number of thiocarbonyl (C=S) groups is 1. The van der Waals surface area contributed by atoms with E-state index in [1.165, 1.54) is 0 Å². The number of morpholine rings is 1. The average molecular weight is 409 g/mol. The van der Waals surface area contributed by atoms with Gasteiger partial charge in [0, 0.05) is 19.6 Å². The van der Waals surface area contributed by atoms with Crippen LogP contribution in [0.25, 0.3) is 0 Å². The molecule has 1 aromatic rings. The molecule has 156 valence electrons. The van der Waals surface area contributed by atoms with Crippen molar-refractivity contribution in [2.45, 2.75) is 33.1 Å². The van der Waals surface area contributed by atoms with Gasteiger partial charge in [0.25, 0.3) is 5.91 Å². The fourth-order valence-corrected chi connectivity index (χ4v) is 3.08. The van der Waals surface area contributed by atoms with Gasteiger partial charge in [0.2, 0.25) is 0 Å². The zero-order chi connectivity index (χ0) is 20.4. The lowest BCUT2D eigenvalue weighted by Gasteiger charge is -2.26. The first kappa shape index (κ1) is 22.4. The predicted octanol–water partition coefficient (Wildman–Crippen LogP) is 1.71. The van der Waals surface area contributed by atoms with E-state index in [-0.39, 0.29) is 12.5 Å². The van der Waals surface area contributed by atoms with Gasteiger partial charge in [-0.3, -0.25) is 20.5 Å². The van der Waals surface area contributed by atoms with Gasteiger partial charge in [0.15, 0.2) is 11.7 Å². The van der Waals surface area contributed by atoms with E-state index in [0.717, 1.165) is 62.7 Å². The number of rotatable bonds is 8. The smallest absolute Gasteiger partial charge is 0.276 e. The van der Waals surface area contributed by atoms with Gasteiger partial charge < -0.3 is 14.8 Å². The van der Waals surface area contributed by atoms with Gasteiger partial charge >= 0.3 is 0 Å². The molecule has 3 N–H and O–H groups in total. The van der Waals surface area contributed by atoms with Crippen molar-refractivity contribution in [1.82, 2.24) is 21.1 Å². The number of hydrogen-bond donors (Lipinski definition) is 3. The molecule has 0 bridgehead atoms. The van der Waals surface area contributed by atoms with Crippen molar-refractivity contribution in [3.05, 3.63) is 29.3 Å². The third-order valence-corrected chi connectivity index (χ3v) is 4.75. The van der Waals surface area contributed by atoms with Crippen LogP contribution in [0.15, 0.2) is 18.2 Å². The fourth-order valence-electron chi connectivity index (χ4n) is 2.92. The van der Waals surface area contributed by atoms with E-state index in [0.29, 0.717) is 11.0 Å². The highest BCUT2D eigenvalue weighted by Crippen LogP contribution is 2.27. The lowest BCUT2D eigenvalue weighted by molar-refractivity contribution is -0.123. The number of carbonyl (C=O) groups is 1. The first-order valence-corrected chi connectivity index (χ1v) is 10.2. The summed E-state index contributed by atoms with van der Waals surface area (Å²) < 4.78 is 11.0. The number of amides is 1. The average Bonchev–Trinajstić information content (AvgIpc) is 2.68. The molecule has 1 aromatic carbocycles. The van der Waals surface area contributed by atoms with Crippen LogP contribution < -0.4 is 20.9 Å². The van der Waals surface area contributed by atoms with Gasteiger partial charge in [0.05, 0.1) is 13.2 Å². The van der Waals surface area contributed by atoms with E-state index in [2.05, 4.69) is 34.9 Å². The summed E-state index contributed by atoms with van der Waals surface area (Å²) in [4.78, 5) is 14.4. The van der Waals surface area contributed by atoms with Crippen molar-refractivity contribution in [1.29, 1.82) is 0 Å². The molecule has 0 aromatic heterocycles. The maximum absolute atomic E-state index is 12.0. The van der Waals surface area contributed by atoms with Crippen molar-refractivity contribution < 1.29 is 14.3 Å². The summed E-state index contributed by atoms with van der Waals surface area (Å²) >= 11 is 5.18. The van der Waals surface area contributed by atoms with Gasteiger partial charge in [-0.25, -0.2) is 0 Å². The highest BCUT2D eigenvalue weighted by atomic mass is 32.1. The van der Waals surface area contributed by atoms with Gasteiger partial charge in [-0.15, -0.1) is 0 Å². The van der Waals surface area contributed by atoms with E-state index in [9.17, 15) is 4.79 Å². The Bertz CT molecular complexity index is 648. The minimum absolute atomic E-state index is 0.0736. The molecule has 2 rings (SSSR count). The topological polar surface area (TPSA) is 74.9 Å². The first-order valence-electron chi connectivity index (χ1n) is 9.82. The summed E-state index contributed by atoms with van der Waals surface area (Å²) in [6.45, 7) is 11.5. The summed E-state index contributed by atoms with van der Waals surface area (Å²) in [5, 5.41) is 3.49. The third kappa shape index (κ3) is 8.00. The molecule has 0 radical (unpaired) electrons. The van der Waals surface area contributed by atoms with Crippen LogP contribution in [0.3, 0.4) is 0 Å². The Labute approximate surface area is 173 Å². The summed E-state index contributed by atoms with van der Waals surface area (Å²) in [7, 11) is 0. The van der Waals surface area contributed by atoms with Crippen LogP contribution in [0.5, 0.6) is 5.75 Å². The van der Waals surface area contributed by atoms with E-state index >= 15 is 0 Å². The van der Waals surface area contributed by atoms with E-state index in [1.54, 1.807) is 0 Å². The van der Waals surface area contributed by atoms with Crippen molar-refractivity contribution in [2.75, 3.05) is 46.0 Å². The van der Waals surface area contributed by atoms with Crippen LogP contribution in [0.2, 0.25) is 0 Å². The maximum Gasteiger partial charge on any atom is 0.276 e. The number of nitrogens with one attached hydrogen (secondary N) is 3. The molecule has 8 heteroatoms.